The Morgan fingerprint density at radius 2 is 1.76 bits per heavy atom. The van der Waals surface area contributed by atoms with Gasteiger partial charge in [0.05, 0.1) is 19.9 Å². The minimum Gasteiger partial charge on any atom is -0.497 e. The second-order valence-electron chi connectivity index (χ2n) is 8.39. The zero-order valence-electron chi connectivity index (χ0n) is 19.4. The van der Waals surface area contributed by atoms with E-state index in [9.17, 15) is 4.79 Å². The van der Waals surface area contributed by atoms with Gasteiger partial charge in [-0.1, -0.05) is 18.2 Å². The summed E-state index contributed by atoms with van der Waals surface area (Å²) < 4.78 is 10.8. The van der Waals surface area contributed by atoms with Crippen LogP contribution in [0.3, 0.4) is 0 Å². The van der Waals surface area contributed by atoms with Crippen LogP contribution in [0.2, 0.25) is 0 Å². The van der Waals surface area contributed by atoms with Gasteiger partial charge in [0.2, 0.25) is 5.91 Å². The Labute approximate surface area is 209 Å². The SMILES string of the molecule is COc1ccc2c(c1)CC(NC(=O)CCN1CCN(c3ccccc3OC)CC1)CC2.Cl.Cl. The van der Waals surface area contributed by atoms with Crippen LogP contribution in [0.25, 0.3) is 0 Å². The largest absolute Gasteiger partial charge is 0.497 e. The summed E-state index contributed by atoms with van der Waals surface area (Å²) >= 11 is 0. The van der Waals surface area contributed by atoms with Crippen LogP contribution in [0.4, 0.5) is 5.69 Å². The van der Waals surface area contributed by atoms with Gasteiger partial charge in [0.1, 0.15) is 11.5 Å². The summed E-state index contributed by atoms with van der Waals surface area (Å²) in [4.78, 5) is 17.3. The van der Waals surface area contributed by atoms with Crippen LogP contribution in [0.1, 0.15) is 24.0 Å². The first-order valence-electron chi connectivity index (χ1n) is 11.2. The molecule has 0 spiro atoms. The molecule has 6 nitrogen and oxygen atoms in total. The molecule has 1 unspecified atom stereocenters. The molecule has 33 heavy (non-hydrogen) atoms. The monoisotopic (exact) mass is 495 g/mol. The minimum absolute atomic E-state index is 0. The summed E-state index contributed by atoms with van der Waals surface area (Å²) in [6, 6.07) is 14.7. The number of ether oxygens (including phenoxy) is 2. The smallest absolute Gasteiger partial charge is 0.221 e. The van der Waals surface area contributed by atoms with E-state index in [1.165, 1.54) is 11.1 Å². The number of rotatable bonds is 7. The molecule has 1 atom stereocenters. The van der Waals surface area contributed by atoms with E-state index >= 15 is 0 Å². The van der Waals surface area contributed by atoms with Crippen LogP contribution in [-0.4, -0.2) is 63.8 Å². The van der Waals surface area contributed by atoms with E-state index in [1.54, 1.807) is 14.2 Å². The highest BCUT2D eigenvalue weighted by Crippen LogP contribution is 2.28. The van der Waals surface area contributed by atoms with Crippen molar-refractivity contribution < 1.29 is 14.3 Å². The fourth-order valence-electron chi connectivity index (χ4n) is 4.65. The zero-order valence-corrected chi connectivity index (χ0v) is 21.1. The third-order valence-electron chi connectivity index (χ3n) is 6.46. The Balaban J connectivity index is 0.00000193. The Morgan fingerprint density at radius 1 is 1.00 bits per heavy atom. The molecule has 1 heterocycles. The maximum Gasteiger partial charge on any atom is 0.221 e. The van der Waals surface area contributed by atoms with E-state index in [1.807, 2.05) is 24.3 Å². The van der Waals surface area contributed by atoms with Gasteiger partial charge in [-0.3, -0.25) is 9.69 Å². The van der Waals surface area contributed by atoms with Gasteiger partial charge in [-0.15, -0.1) is 24.8 Å². The first-order valence-corrected chi connectivity index (χ1v) is 11.2. The van der Waals surface area contributed by atoms with Crippen LogP contribution in [-0.2, 0) is 17.6 Å². The lowest BCUT2D eigenvalue weighted by Gasteiger charge is -2.36. The third-order valence-corrected chi connectivity index (χ3v) is 6.46. The number of para-hydroxylation sites is 2. The number of amides is 1. The summed E-state index contributed by atoms with van der Waals surface area (Å²) in [5.74, 6) is 1.96. The molecular formula is C25H35Cl2N3O3. The molecule has 2 aromatic rings. The highest BCUT2D eigenvalue weighted by molar-refractivity contribution is 5.85. The molecule has 1 N–H and O–H groups in total. The van der Waals surface area contributed by atoms with E-state index in [2.05, 4.69) is 33.3 Å². The fourth-order valence-corrected chi connectivity index (χ4v) is 4.65. The van der Waals surface area contributed by atoms with E-state index < -0.39 is 0 Å². The molecule has 2 aromatic carbocycles. The van der Waals surface area contributed by atoms with Crippen molar-refractivity contribution in [1.29, 1.82) is 0 Å². The number of hydrogen-bond acceptors (Lipinski definition) is 5. The van der Waals surface area contributed by atoms with Crippen LogP contribution >= 0.6 is 24.8 Å². The Morgan fingerprint density at radius 3 is 2.48 bits per heavy atom. The van der Waals surface area contributed by atoms with E-state index in [-0.39, 0.29) is 36.8 Å². The van der Waals surface area contributed by atoms with Gasteiger partial charge < -0.3 is 19.7 Å². The predicted octanol–water partition coefficient (Wildman–Crippen LogP) is 3.73. The van der Waals surface area contributed by atoms with Gasteiger partial charge in [-0.25, -0.2) is 0 Å². The van der Waals surface area contributed by atoms with Gasteiger partial charge in [0, 0.05) is 45.2 Å². The maximum atomic E-state index is 12.6. The normalized spacial score (nSPS) is 17.8. The molecule has 1 aliphatic heterocycles. The average Bonchev–Trinajstić information content (AvgIpc) is 2.82. The molecule has 0 saturated carbocycles. The van der Waals surface area contributed by atoms with Crippen molar-refractivity contribution in [1.82, 2.24) is 10.2 Å². The number of carbonyl (C=O) groups is 1. The number of nitrogens with one attached hydrogen (secondary N) is 1. The van der Waals surface area contributed by atoms with Gasteiger partial charge in [-0.2, -0.15) is 0 Å². The van der Waals surface area contributed by atoms with Crippen molar-refractivity contribution >= 4 is 36.4 Å². The molecule has 8 heteroatoms. The lowest BCUT2D eigenvalue weighted by molar-refractivity contribution is -0.122. The number of benzene rings is 2. The van der Waals surface area contributed by atoms with Gasteiger partial charge in [0.25, 0.3) is 0 Å². The summed E-state index contributed by atoms with van der Waals surface area (Å²) in [5.41, 5.74) is 3.82. The standard InChI is InChI=1S/C25H33N3O3.2ClH/c1-30-22-10-8-19-7-9-21(17-20(19)18-22)26-25(29)11-12-27-13-15-28(16-14-27)23-5-3-4-6-24(23)31-2;;/h3-6,8,10,18,21H,7,9,11-17H2,1-2H3,(H,26,29);2*1H. The third kappa shape index (κ3) is 6.92. The Hall–Kier alpha value is -2.15. The number of piperazine rings is 1. The molecule has 0 radical (unpaired) electrons. The minimum atomic E-state index is 0. The van der Waals surface area contributed by atoms with E-state index in [0.717, 1.165) is 69.2 Å². The molecular weight excluding hydrogens is 461 g/mol. The zero-order chi connectivity index (χ0) is 21.6. The first kappa shape index (κ1) is 27.1. The molecule has 1 aliphatic carbocycles. The molecule has 4 rings (SSSR count). The predicted molar refractivity (Wildman–Crippen MR) is 138 cm³/mol. The summed E-state index contributed by atoms with van der Waals surface area (Å²) in [5, 5.41) is 3.25. The summed E-state index contributed by atoms with van der Waals surface area (Å²) in [7, 11) is 3.41. The van der Waals surface area contributed by atoms with Crippen molar-refractivity contribution in [3.8, 4) is 11.5 Å². The molecule has 0 bridgehead atoms. The van der Waals surface area contributed by atoms with Gasteiger partial charge in [-0.05, 0) is 54.7 Å². The van der Waals surface area contributed by atoms with Crippen molar-refractivity contribution in [2.24, 2.45) is 0 Å². The maximum absolute atomic E-state index is 12.6. The number of hydrogen-bond donors (Lipinski definition) is 1. The van der Waals surface area contributed by atoms with E-state index in [0.29, 0.717) is 6.42 Å². The topological polar surface area (TPSA) is 54.0 Å². The van der Waals surface area contributed by atoms with Crippen molar-refractivity contribution in [3.63, 3.8) is 0 Å². The molecule has 0 aromatic heterocycles. The van der Waals surface area contributed by atoms with Crippen molar-refractivity contribution in [2.45, 2.75) is 31.7 Å². The molecule has 1 saturated heterocycles. The number of carbonyl (C=O) groups excluding carboxylic acids is 1. The highest BCUT2D eigenvalue weighted by Gasteiger charge is 2.22. The second-order valence-corrected chi connectivity index (χ2v) is 8.39. The Kier molecular flexibility index (Phi) is 10.6. The molecule has 1 fully saturated rings. The summed E-state index contributed by atoms with van der Waals surface area (Å²) in [6.07, 6.45) is 3.45. The lowest BCUT2D eigenvalue weighted by atomic mass is 9.88. The molecule has 1 amide bonds. The van der Waals surface area contributed by atoms with Crippen LogP contribution in [0.15, 0.2) is 42.5 Å². The van der Waals surface area contributed by atoms with Gasteiger partial charge in [0.15, 0.2) is 0 Å². The average molecular weight is 496 g/mol. The number of halogens is 2. The van der Waals surface area contributed by atoms with Gasteiger partial charge >= 0.3 is 0 Å². The van der Waals surface area contributed by atoms with E-state index in [4.69, 9.17) is 9.47 Å². The number of fused-ring (bicyclic) bond motifs is 1. The van der Waals surface area contributed by atoms with Crippen LogP contribution in [0, 0.1) is 0 Å². The second kappa shape index (κ2) is 12.9. The number of aryl methyl sites for hydroxylation is 1. The Bertz CT molecular complexity index is 904. The van der Waals surface area contributed by atoms with Crippen molar-refractivity contribution in [3.05, 3.63) is 53.6 Å². The quantitative estimate of drug-likeness (QED) is 0.633. The molecule has 182 valence electrons. The number of anilines is 1. The first-order chi connectivity index (χ1) is 15.2. The highest BCUT2D eigenvalue weighted by atomic mass is 35.5. The number of nitrogens with zero attached hydrogens (tertiary/aromatic N) is 2. The number of methoxy groups -OCH3 is 2. The van der Waals surface area contributed by atoms with Crippen LogP contribution in [0.5, 0.6) is 11.5 Å². The van der Waals surface area contributed by atoms with Crippen LogP contribution < -0.4 is 19.7 Å². The summed E-state index contributed by atoms with van der Waals surface area (Å²) in [6.45, 7) is 4.62. The lowest BCUT2D eigenvalue weighted by Crippen LogP contribution is -2.48. The fraction of sp³-hybridized carbons (Fsp3) is 0.480. The molecule has 2 aliphatic rings. The van der Waals surface area contributed by atoms with Crippen molar-refractivity contribution in [2.75, 3.05) is 51.8 Å².